The third-order valence-corrected chi connectivity index (χ3v) is 17.1. The first kappa shape index (κ1) is 45.1. The summed E-state index contributed by atoms with van der Waals surface area (Å²) in [6.07, 6.45) is 36.6. The van der Waals surface area contributed by atoms with Gasteiger partial charge in [-0.2, -0.15) is 12.0 Å². The van der Waals surface area contributed by atoms with Crippen LogP contribution in [0.1, 0.15) is 64.5 Å². The molecule has 3 heteroatoms. The van der Waals surface area contributed by atoms with Crippen molar-refractivity contribution in [1.29, 1.82) is 0 Å². The molecule has 59 heavy (non-hydrogen) atoms. The van der Waals surface area contributed by atoms with Crippen molar-refractivity contribution >= 4 is 7.42 Å². The number of rotatable bonds is 4. The molecule has 0 bridgehead atoms. The first-order valence-electron chi connectivity index (χ1n) is 21.3. The van der Waals surface area contributed by atoms with Crippen molar-refractivity contribution in [3.63, 3.8) is 0 Å². The summed E-state index contributed by atoms with van der Waals surface area (Å²) in [6.45, 7) is 10.3. The Balaban J connectivity index is 0.000000172. The van der Waals surface area contributed by atoms with Crippen LogP contribution in [-0.2, 0) is 22.3 Å². The van der Waals surface area contributed by atoms with Crippen molar-refractivity contribution < 1.29 is 47.1 Å². The Kier molecular flexibility index (Phi) is 15.2. The van der Waals surface area contributed by atoms with Crippen LogP contribution in [0.25, 0.3) is 22.3 Å². The zero-order valence-electron chi connectivity index (χ0n) is 35.0. The molecule has 0 N–H and O–H groups in total. The van der Waals surface area contributed by atoms with Crippen LogP contribution in [0.15, 0.2) is 176 Å². The summed E-state index contributed by atoms with van der Waals surface area (Å²) in [5.74, 6) is 4.69. The van der Waals surface area contributed by atoms with Gasteiger partial charge in [-0.05, 0) is 28.6 Å². The summed E-state index contributed by atoms with van der Waals surface area (Å²) >= 11 is -0.679. The third kappa shape index (κ3) is 9.11. The maximum absolute atomic E-state index is 2.99. The van der Waals surface area contributed by atoms with E-state index < -0.39 is 22.3 Å². The number of hydrogen-bond donors (Lipinski definition) is 0. The molecule has 3 saturated carbocycles. The normalized spacial score (nSPS) is 30.8. The Hall–Kier alpha value is -3.48. The number of halogens is 2. The molecule has 0 nitrogen and oxygen atoms in total. The van der Waals surface area contributed by atoms with Crippen LogP contribution < -0.4 is 24.8 Å². The molecule has 0 saturated heterocycles. The Bertz CT molecular complexity index is 2140. The van der Waals surface area contributed by atoms with Gasteiger partial charge < -0.3 is 31.2 Å². The molecular formula is C56H58Cl2Zr-4. The van der Waals surface area contributed by atoms with E-state index in [0.29, 0.717) is 11.8 Å². The molecule has 10 rings (SSSR count). The second-order valence-corrected chi connectivity index (χ2v) is 19.9. The van der Waals surface area contributed by atoms with E-state index in [9.17, 15) is 0 Å². The van der Waals surface area contributed by atoms with Gasteiger partial charge in [0.2, 0.25) is 0 Å². The number of fused-ring (bicyclic) bond motifs is 8. The van der Waals surface area contributed by atoms with Crippen molar-refractivity contribution in [3.8, 4) is 22.3 Å². The number of allylic oxidation sites excluding steroid dienone is 12. The average molecular weight is 893 g/mol. The summed E-state index contributed by atoms with van der Waals surface area (Å²) in [5, 5.41) is 0. The van der Waals surface area contributed by atoms with Crippen molar-refractivity contribution in [2.75, 3.05) is 0 Å². The molecule has 0 heterocycles. The summed E-state index contributed by atoms with van der Waals surface area (Å²) in [4.78, 5) is 0. The molecular weight excluding hydrogens is 835 g/mol. The molecule has 6 aliphatic carbocycles. The fourth-order valence-corrected chi connectivity index (χ4v) is 13.5. The first-order chi connectivity index (χ1) is 27.8. The molecule has 0 amide bonds. The molecule has 3 fully saturated rings. The van der Waals surface area contributed by atoms with E-state index in [1.54, 1.807) is 0 Å². The van der Waals surface area contributed by atoms with Gasteiger partial charge in [0.25, 0.3) is 0 Å². The van der Waals surface area contributed by atoms with Gasteiger partial charge in [0.05, 0.1) is 0 Å². The predicted molar refractivity (Wildman–Crippen MR) is 241 cm³/mol. The molecule has 0 aliphatic heterocycles. The first-order valence-corrected chi connectivity index (χ1v) is 24.2. The standard InChI is InChI=1S/C25H33.2C13H10.C5H5.2ClH.Zr/c1-17-10-9-11-18-16-24(3)22(21(17)18)19-12-5-6-13-20(19)23(2)14-7-8-15-25(23,24)4;2*1-11-7-9-13(10-8-11)12-5-3-2-4-6-12;1-2-4-5-3-1;;;/h5-8,12-22H,9-11H2,1-4H3;2*1-10H;1-3H,4H2;2*1H;/q-1;;;-1;;;/p-2. The minimum absolute atomic E-state index is 0. The summed E-state index contributed by atoms with van der Waals surface area (Å²) < 4.78 is 4.87. The second-order valence-electron chi connectivity index (χ2n) is 17.6. The second kappa shape index (κ2) is 19.9. The van der Waals surface area contributed by atoms with E-state index >= 15 is 0 Å². The molecule has 9 atom stereocenters. The van der Waals surface area contributed by atoms with E-state index in [1.165, 1.54) is 52.6 Å². The summed E-state index contributed by atoms with van der Waals surface area (Å²) in [7, 11) is 0. The van der Waals surface area contributed by atoms with Crippen molar-refractivity contribution in [1.82, 2.24) is 0 Å². The zero-order chi connectivity index (χ0) is 39.3. The van der Waals surface area contributed by atoms with Crippen molar-refractivity contribution in [3.05, 3.63) is 200 Å². The Morgan fingerprint density at radius 2 is 1.20 bits per heavy atom. The molecule has 6 aliphatic rings. The fraction of sp³-hybridized carbons (Fsp3) is 0.304. The number of benzene rings is 4. The molecule has 0 aromatic heterocycles. The average Bonchev–Trinajstić information content (AvgIpc) is 3.95. The fourth-order valence-electron chi connectivity index (χ4n) is 11.4. The Morgan fingerprint density at radius 1 is 0.644 bits per heavy atom. The van der Waals surface area contributed by atoms with Crippen molar-refractivity contribution in [2.24, 2.45) is 51.8 Å². The van der Waals surface area contributed by atoms with Gasteiger partial charge in [0, 0.05) is 0 Å². The smallest absolute Gasteiger partial charge is 1.00 e. The van der Waals surface area contributed by atoms with Gasteiger partial charge in [0.1, 0.15) is 0 Å². The molecule has 4 aromatic carbocycles. The van der Waals surface area contributed by atoms with Gasteiger partial charge in [-0.25, -0.2) is 12.2 Å². The monoisotopic (exact) mass is 890 g/mol. The molecule has 4 aromatic rings. The third-order valence-electron chi connectivity index (χ3n) is 14.6. The van der Waals surface area contributed by atoms with Gasteiger partial charge in [-0.3, -0.25) is 6.08 Å². The molecule has 0 spiro atoms. The van der Waals surface area contributed by atoms with Crippen LogP contribution in [0.2, 0.25) is 0 Å². The van der Waals surface area contributed by atoms with Crippen LogP contribution in [0.5, 0.6) is 0 Å². The Labute approximate surface area is 378 Å². The van der Waals surface area contributed by atoms with Crippen molar-refractivity contribution in [2.45, 2.75) is 53.4 Å². The van der Waals surface area contributed by atoms with E-state index in [-0.39, 0.29) is 41.1 Å². The molecule has 0 radical (unpaired) electrons. The largest absolute Gasteiger partial charge is 1.00 e. The SMILES string of the molecule is CC1CCCC2[CH-]C3(C)C(C4C=CC=CC4C4(C)C=CC=CC43C)C12.[C-]1=CC=CC1.[CH](=[Zr]=[CH]c1ccc(-c2ccccc2)cc1)c1ccc(-c2ccccc2)cc1.[Cl-].[Cl-]. The maximum Gasteiger partial charge on any atom is -1.00 e. The zero-order valence-corrected chi connectivity index (χ0v) is 39.0. The van der Waals surface area contributed by atoms with Gasteiger partial charge in [-0.15, -0.1) is 11.8 Å². The van der Waals surface area contributed by atoms with Crippen LogP contribution in [0, 0.1) is 64.2 Å². The minimum Gasteiger partial charge on any atom is -1.00 e. The van der Waals surface area contributed by atoms with Gasteiger partial charge in [0.15, 0.2) is 0 Å². The van der Waals surface area contributed by atoms with Gasteiger partial charge >= 0.3 is 172 Å². The van der Waals surface area contributed by atoms with E-state index in [1.807, 2.05) is 12.2 Å². The maximum atomic E-state index is 2.99. The van der Waals surface area contributed by atoms with Gasteiger partial charge in [-0.1, -0.05) is 107 Å². The van der Waals surface area contributed by atoms with E-state index in [0.717, 1.165) is 30.1 Å². The quantitative estimate of drug-likeness (QED) is 0.184. The van der Waals surface area contributed by atoms with Crippen LogP contribution >= 0.6 is 0 Å². The van der Waals surface area contributed by atoms with Crippen LogP contribution in [0.3, 0.4) is 0 Å². The topological polar surface area (TPSA) is 0 Å². The number of hydrogen-bond acceptors (Lipinski definition) is 0. The van der Waals surface area contributed by atoms with Crippen LogP contribution in [-0.4, -0.2) is 7.42 Å². The molecule has 304 valence electrons. The van der Waals surface area contributed by atoms with E-state index in [4.69, 9.17) is 0 Å². The molecule has 9 unspecified atom stereocenters. The predicted octanol–water partition coefficient (Wildman–Crippen LogP) is 7.81. The minimum atomic E-state index is -0.679. The van der Waals surface area contributed by atoms with E-state index in [2.05, 4.69) is 211 Å². The van der Waals surface area contributed by atoms with Crippen LogP contribution in [0.4, 0.5) is 0 Å². The summed E-state index contributed by atoms with van der Waals surface area (Å²) in [6, 6.07) is 38.9. The Morgan fingerprint density at radius 3 is 1.75 bits per heavy atom. The summed E-state index contributed by atoms with van der Waals surface area (Å²) in [5.41, 5.74) is 8.45.